The van der Waals surface area contributed by atoms with E-state index in [0.717, 1.165) is 19.6 Å². The average molecular weight is 200 g/mol. The van der Waals surface area contributed by atoms with Crippen molar-refractivity contribution in [3.63, 3.8) is 0 Å². The zero-order chi connectivity index (χ0) is 7.56. The van der Waals surface area contributed by atoms with Gasteiger partial charge in [-0.1, -0.05) is 6.92 Å². The van der Waals surface area contributed by atoms with Crippen LogP contribution in [-0.2, 0) is 0 Å². The molecule has 0 saturated carbocycles. The molecule has 1 fully saturated rings. The third-order valence-corrected chi connectivity index (χ3v) is 3.33. The maximum atomic E-state index is 5.92. The van der Waals surface area contributed by atoms with E-state index >= 15 is 0 Å². The minimum Gasteiger partial charge on any atom is -0.299 e. The van der Waals surface area contributed by atoms with Crippen LogP contribution in [0.25, 0.3) is 0 Å². The fourth-order valence-electron chi connectivity index (χ4n) is 0.985. The van der Waals surface area contributed by atoms with Crippen molar-refractivity contribution in [2.75, 3.05) is 19.6 Å². The minimum absolute atomic E-state index is 0.177. The Morgan fingerprint density at radius 2 is 1.90 bits per heavy atom. The predicted octanol–water partition coefficient (Wildman–Crippen LogP) is 2.18. The summed E-state index contributed by atoms with van der Waals surface area (Å²) in [5.41, 5.74) is 0. The lowest BCUT2D eigenvalue weighted by molar-refractivity contribution is 0.307. The zero-order valence-electron chi connectivity index (χ0n) is 5.89. The Bertz CT molecular complexity index is 102. The summed E-state index contributed by atoms with van der Waals surface area (Å²) in [5.74, 6) is 0. The lowest BCUT2D eigenvalue weighted by Gasteiger charge is -2.31. The molecule has 60 valence electrons. The number of hydrogen-bond donors (Lipinski definition) is 0. The average Bonchev–Trinajstić information content (AvgIpc) is 1.85. The molecule has 2 unspecified atom stereocenters. The first-order valence-corrected chi connectivity index (χ1v) is 5.20. The van der Waals surface area contributed by atoms with Gasteiger partial charge in [0.25, 0.3) is 0 Å². The highest BCUT2D eigenvalue weighted by molar-refractivity contribution is 8.02. The Kier molecular flexibility index (Phi) is 3.64. The van der Waals surface area contributed by atoms with E-state index in [1.165, 1.54) is 0 Å². The van der Waals surface area contributed by atoms with E-state index in [0.29, 0.717) is 0 Å². The molecule has 1 nitrogen and oxygen atoms in total. The molecular weight excluding hydrogens is 189 g/mol. The van der Waals surface area contributed by atoms with Gasteiger partial charge >= 0.3 is 0 Å². The molecule has 2 atom stereocenters. The van der Waals surface area contributed by atoms with Gasteiger partial charge in [-0.3, -0.25) is 4.90 Å². The second-order valence-corrected chi connectivity index (χ2v) is 5.29. The van der Waals surface area contributed by atoms with Gasteiger partial charge in [-0.05, 0) is 6.54 Å². The Labute approximate surface area is 76.0 Å². The molecular formula is C6H11Cl2NS. The third-order valence-electron chi connectivity index (χ3n) is 1.55. The van der Waals surface area contributed by atoms with Crippen molar-refractivity contribution in [3.8, 4) is 0 Å². The molecule has 1 aliphatic heterocycles. The van der Waals surface area contributed by atoms with Crippen molar-refractivity contribution >= 4 is 35.0 Å². The van der Waals surface area contributed by atoms with Gasteiger partial charge in [-0.2, -0.15) is 0 Å². The molecule has 1 rings (SSSR count). The van der Waals surface area contributed by atoms with Crippen molar-refractivity contribution in [2.45, 2.75) is 16.3 Å². The molecule has 0 amide bonds. The van der Waals surface area contributed by atoms with Gasteiger partial charge in [0, 0.05) is 13.1 Å². The van der Waals surface area contributed by atoms with E-state index < -0.39 is 0 Å². The molecule has 1 heterocycles. The van der Waals surface area contributed by atoms with Crippen LogP contribution in [0.15, 0.2) is 0 Å². The summed E-state index contributed by atoms with van der Waals surface area (Å²) in [6, 6.07) is 0. The second kappa shape index (κ2) is 4.05. The molecule has 10 heavy (non-hydrogen) atoms. The van der Waals surface area contributed by atoms with Crippen molar-refractivity contribution in [1.82, 2.24) is 4.90 Å². The fourth-order valence-corrected chi connectivity index (χ4v) is 3.19. The number of thioether (sulfide) groups is 1. The Balaban J connectivity index is 2.35. The predicted molar refractivity (Wildman–Crippen MR) is 49.0 cm³/mol. The van der Waals surface area contributed by atoms with Crippen molar-refractivity contribution < 1.29 is 0 Å². The molecule has 0 N–H and O–H groups in total. The Hall–Kier alpha value is 0.890. The van der Waals surface area contributed by atoms with Crippen molar-refractivity contribution in [3.05, 3.63) is 0 Å². The van der Waals surface area contributed by atoms with E-state index in [-0.39, 0.29) is 9.42 Å². The van der Waals surface area contributed by atoms with Gasteiger partial charge in [0.2, 0.25) is 0 Å². The van der Waals surface area contributed by atoms with Gasteiger partial charge in [-0.25, -0.2) is 0 Å². The molecule has 4 heteroatoms. The molecule has 0 aromatic rings. The van der Waals surface area contributed by atoms with Crippen LogP contribution in [0.2, 0.25) is 0 Å². The number of halogens is 2. The van der Waals surface area contributed by atoms with Gasteiger partial charge in [0.1, 0.15) is 0 Å². The molecule has 0 bridgehead atoms. The normalized spacial score (nSPS) is 36.3. The lowest BCUT2D eigenvalue weighted by Crippen LogP contribution is -2.38. The van der Waals surface area contributed by atoms with Crippen LogP contribution in [-0.4, -0.2) is 34.0 Å². The maximum absolute atomic E-state index is 5.92. The molecule has 0 aromatic carbocycles. The summed E-state index contributed by atoms with van der Waals surface area (Å²) in [4.78, 5) is 2.27. The van der Waals surface area contributed by atoms with Crippen molar-refractivity contribution in [2.24, 2.45) is 0 Å². The summed E-state index contributed by atoms with van der Waals surface area (Å²) in [7, 11) is 0. The summed E-state index contributed by atoms with van der Waals surface area (Å²) >= 11 is 13.5. The summed E-state index contributed by atoms with van der Waals surface area (Å²) in [6.07, 6.45) is 0. The molecule has 1 aliphatic rings. The fraction of sp³-hybridized carbons (Fsp3) is 1.00. The first-order valence-electron chi connectivity index (χ1n) is 3.38. The minimum atomic E-state index is 0.177. The SMILES string of the molecule is CCN1CC(Cl)SC(Cl)C1. The third kappa shape index (κ3) is 2.50. The standard InChI is InChI=1S/C6H11Cl2NS/c1-2-9-3-5(7)10-6(8)4-9/h5-6H,2-4H2,1H3. The van der Waals surface area contributed by atoms with Crippen LogP contribution in [0.1, 0.15) is 6.92 Å². The highest BCUT2D eigenvalue weighted by Gasteiger charge is 2.23. The second-order valence-electron chi connectivity index (χ2n) is 2.31. The first-order chi connectivity index (χ1) is 4.72. The highest BCUT2D eigenvalue weighted by atomic mass is 35.5. The Morgan fingerprint density at radius 3 is 2.30 bits per heavy atom. The molecule has 0 aromatic heterocycles. The Morgan fingerprint density at radius 1 is 1.40 bits per heavy atom. The highest BCUT2D eigenvalue weighted by Crippen LogP contribution is 2.29. The van der Waals surface area contributed by atoms with Gasteiger partial charge in [-0.15, -0.1) is 35.0 Å². The first kappa shape index (κ1) is 8.98. The van der Waals surface area contributed by atoms with E-state index in [1.54, 1.807) is 11.8 Å². The summed E-state index contributed by atoms with van der Waals surface area (Å²) < 4.78 is 0.354. The molecule has 0 aliphatic carbocycles. The summed E-state index contributed by atoms with van der Waals surface area (Å²) in [5, 5.41) is 0. The van der Waals surface area contributed by atoms with Crippen LogP contribution in [0.5, 0.6) is 0 Å². The maximum Gasteiger partial charge on any atom is 0.0930 e. The quantitative estimate of drug-likeness (QED) is 0.597. The molecule has 0 spiro atoms. The van der Waals surface area contributed by atoms with Crippen LogP contribution in [0.4, 0.5) is 0 Å². The topological polar surface area (TPSA) is 3.24 Å². The molecule has 1 saturated heterocycles. The van der Waals surface area contributed by atoms with Gasteiger partial charge in [0.05, 0.1) is 9.42 Å². The van der Waals surface area contributed by atoms with Gasteiger partial charge < -0.3 is 0 Å². The molecule has 0 radical (unpaired) electrons. The van der Waals surface area contributed by atoms with Crippen LogP contribution in [0.3, 0.4) is 0 Å². The van der Waals surface area contributed by atoms with Crippen LogP contribution >= 0.6 is 35.0 Å². The van der Waals surface area contributed by atoms with E-state index in [2.05, 4.69) is 11.8 Å². The smallest absolute Gasteiger partial charge is 0.0930 e. The van der Waals surface area contributed by atoms with Crippen LogP contribution < -0.4 is 0 Å². The zero-order valence-corrected chi connectivity index (χ0v) is 8.22. The van der Waals surface area contributed by atoms with Crippen LogP contribution in [0, 0.1) is 0 Å². The number of nitrogens with zero attached hydrogens (tertiary/aromatic N) is 1. The van der Waals surface area contributed by atoms with E-state index in [4.69, 9.17) is 23.2 Å². The van der Waals surface area contributed by atoms with Gasteiger partial charge in [0.15, 0.2) is 0 Å². The number of rotatable bonds is 1. The monoisotopic (exact) mass is 199 g/mol. The number of hydrogen-bond acceptors (Lipinski definition) is 2. The largest absolute Gasteiger partial charge is 0.299 e. The number of alkyl halides is 2. The lowest BCUT2D eigenvalue weighted by atomic mass is 10.5. The van der Waals surface area contributed by atoms with E-state index in [9.17, 15) is 0 Å². The van der Waals surface area contributed by atoms with Crippen molar-refractivity contribution in [1.29, 1.82) is 0 Å². The summed E-state index contributed by atoms with van der Waals surface area (Å²) in [6.45, 7) is 5.11. The van der Waals surface area contributed by atoms with E-state index in [1.807, 2.05) is 0 Å².